The van der Waals surface area contributed by atoms with Gasteiger partial charge in [-0.3, -0.25) is 0 Å². The molecular weight excluding hydrogens is 112 g/mol. The Hall–Kier alpha value is -0.820. The molecule has 48 valence electrons. The Morgan fingerprint density at radius 3 is 1.33 bits per heavy atom. The minimum Gasteiger partial charge on any atom is -0.397 e. The number of hydrogen-bond donors (Lipinski definition) is 1. The molecule has 2 rings (SSSR count). The number of fused-ring (bicyclic) bond motifs is 1. The van der Waals surface area contributed by atoms with Crippen LogP contribution < -0.4 is 0 Å². The zero-order chi connectivity index (χ0) is 6.69. The van der Waals surface area contributed by atoms with E-state index in [0.29, 0.717) is 0 Å². The number of rotatable bonds is 0. The van der Waals surface area contributed by atoms with Crippen LogP contribution in [0.3, 0.4) is 0 Å². The smallest absolute Gasteiger partial charge is 0.0402 e. The fraction of sp³-hybridized carbons (Fsp3) is 0.250. The van der Waals surface area contributed by atoms with Crippen molar-refractivity contribution in [3.05, 3.63) is 24.3 Å². The van der Waals surface area contributed by atoms with E-state index in [-0.39, 0.29) is 6.61 Å². The second-order valence-electron chi connectivity index (χ2n) is 1.89. The zero-order valence-electron chi connectivity index (χ0n) is 5.46. The molecule has 0 aromatic rings. The summed E-state index contributed by atoms with van der Waals surface area (Å²) in [6, 6.07) is 8.48. The molecule has 0 heterocycles. The first-order valence-corrected chi connectivity index (χ1v) is 3.09. The molecule has 0 saturated carbocycles. The van der Waals surface area contributed by atoms with E-state index in [0.717, 1.165) is 0 Å². The zero-order valence-corrected chi connectivity index (χ0v) is 5.46. The summed E-state index contributed by atoms with van der Waals surface area (Å²) in [5.74, 6) is 0. The van der Waals surface area contributed by atoms with Crippen LogP contribution in [0.25, 0.3) is 11.1 Å². The maximum atomic E-state index is 7.57. The monoisotopic (exact) mass is 122 g/mol. The van der Waals surface area contributed by atoms with Gasteiger partial charge in [0.2, 0.25) is 0 Å². The molecule has 0 radical (unpaired) electrons. The molecule has 0 aromatic carbocycles. The summed E-state index contributed by atoms with van der Waals surface area (Å²) in [6.45, 7) is 1.93. The average Bonchev–Trinajstić information content (AvgIpc) is 1.81. The third-order valence-electron chi connectivity index (χ3n) is 1.22. The second kappa shape index (κ2) is 2.65. The first kappa shape index (κ1) is 6.30. The van der Waals surface area contributed by atoms with Gasteiger partial charge in [-0.2, -0.15) is 0 Å². The van der Waals surface area contributed by atoms with Crippen molar-refractivity contribution in [1.82, 2.24) is 0 Å². The van der Waals surface area contributed by atoms with Crippen LogP contribution in [0.15, 0.2) is 24.3 Å². The van der Waals surface area contributed by atoms with Gasteiger partial charge >= 0.3 is 0 Å². The largest absolute Gasteiger partial charge is 0.397 e. The minimum absolute atomic E-state index is 0.250. The van der Waals surface area contributed by atoms with Gasteiger partial charge in [-0.15, -0.1) is 0 Å². The molecule has 0 bridgehead atoms. The normalized spacial score (nSPS) is 9.56. The van der Waals surface area contributed by atoms with Crippen LogP contribution in [0.1, 0.15) is 6.92 Å². The molecule has 1 nitrogen and oxygen atoms in total. The van der Waals surface area contributed by atoms with E-state index in [1.165, 1.54) is 11.1 Å². The first-order chi connectivity index (χ1) is 4.38. The summed E-state index contributed by atoms with van der Waals surface area (Å²) in [7, 11) is 0. The average molecular weight is 122 g/mol. The predicted molar refractivity (Wildman–Crippen MR) is 38.2 cm³/mol. The molecule has 1 N–H and O–H groups in total. The molecular formula is C8H10O. The van der Waals surface area contributed by atoms with Gasteiger partial charge in [-0.05, 0) is 18.1 Å². The van der Waals surface area contributed by atoms with E-state index in [1.54, 1.807) is 6.92 Å². The van der Waals surface area contributed by atoms with Gasteiger partial charge in [-0.1, -0.05) is 24.3 Å². The molecule has 0 atom stereocenters. The maximum Gasteiger partial charge on any atom is 0.0402 e. The quantitative estimate of drug-likeness (QED) is 0.563. The highest BCUT2D eigenvalue weighted by Gasteiger charge is 2.03. The topological polar surface area (TPSA) is 20.2 Å². The van der Waals surface area contributed by atoms with Gasteiger partial charge < -0.3 is 5.11 Å². The van der Waals surface area contributed by atoms with E-state index in [1.807, 2.05) is 0 Å². The van der Waals surface area contributed by atoms with Crippen LogP contribution in [-0.2, 0) is 0 Å². The van der Waals surface area contributed by atoms with Crippen LogP contribution in [0.2, 0.25) is 0 Å². The Bertz CT molecular complexity index is 155. The van der Waals surface area contributed by atoms with Gasteiger partial charge in [0.1, 0.15) is 0 Å². The van der Waals surface area contributed by atoms with Gasteiger partial charge in [-0.25, -0.2) is 0 Å². The standard InChI is InChI=1S/C6H4.C2H6O/c1-2-6-4-3-5(1)6;1-2-3/h1-4H;3H,2H2,1H3. The Balaban J connectivity index is 0.000000120. The van der Waals surface area contributed by atoms with Crippen LogP contribution in [0.4, 0.5) is 0 Å². The molecule has 0 aromatic heterocycles. The lowest BCUT2D eigenvalue weighted by Gasteiger charge is -2.10. The van der Waals surface area contributed by atoms with Crippen LogP contribution in [0.5, 0.6) is 0 Å². The molecule has 0 fully saturated rings. The van der Waals surface area contributed by atoms with E-state index in [4.69, 9.17) is 5.11 Å². The van der Waals surface area contributed by atoms with Crippen molar-refractivity contribution in [2.75, 3.05) is 6.61 Å². The summed E-state index contributed by atoms with van der Waals surface area (Å²) in [4.78, 5) is 0. The molecule has 1 heteroatoms. The van der Waals surface area contributed by atoms with Gasteiger partial charge in [0.25, 0.3) is 0 Å². The van der Waals surface area contributed by atoms with Crippen LogP contribution in [-0.4, -0.2) is 11.7 Å². The van der Waals surface area contributed by atoms with Crippen molar-refractivity contribution < 1.29 is 5.11 Å². The third-order valence-corrected chi connectivity index (χ3v) is 1.22. The molecule has 2 aliphatic carbocycles. The molecule has 9 heavy (non-hydrogen) atoms. The summed E-state index contributed by atoms with van der Waals surface area (Å²) >= 11 is 0. The Morgan fingerprint density at radius 1 is 1.11 bits per heavy atom. The second-order valence-corrected chi connectivity index (χ2v) is 1.89. The summed E-state index contributed by atoms with van der Waals surface area (Å²) in [5, 5.41) is 7.57. The predicted octanol–water partition coefficient (Wildman–Crippen LogP) is 1.67. The molecule has 0 unspecified atom stereocenters. The highest BCUT2D eigenvalue weighted by molar-refractivity contribution is 5.75. The van der Waals surface area contributed by atoms with E-state index >= 15 is 0 Å². The van der Waals surface area contributed by atoms with Crippen molar-refractivity contribution >= 4 is 0 Å². The minimum atomic E-state index is 0.250. The van der Waals surface area contributed by atoms with Gasteiger partial charge in [0.05, 0.1) is 0 Å². The van der Waals surface area contributed by atoms with E-state index in [2.05, 4.69) is 24.3 Å². The molecule has 0 saturated heterocycles. The summed E-state index contributed by atoms with van der Waals surface area (Å²) < 4.78 is 0. The van der Waals surface area contributed by atoms with Crippen LogP contribution in [0, 0.1) is 0 Å². The number of hydrogen-bond acceptors (Lipinski definition) is 1. The molecule has 0 spiro atoms. The lowest BCUT2D eigenvalue weighted by molar-refractivity contribution is 0.318. The van der Waals surface area contributed by atoms with Crippen molar-refractivity contribution in [1.29, 1.82) is 0 Å². The van der Waals surface area contributed by atoms with E-state index in [9.17, 15) is 0 Å². The van der Waals surface area contributed by atoms with Crippen molar-refractivity contribution in [3.63, 3.8) is 0 Å². The summed E-state index contributed by atoms with van der Waals surface area (Å²) in [6.07, 6.45) is 0. The summed E-state index contributed by atoms with van der Waals surface area (Å²) in [5.41, 5.74) is 2.85. The SMILES string of the molecule is CCO.c1cc2ccc1-2. The highest BCUT2D eigenvalue weighted by atomic mass is 16.2. The third kappa shape index (κ3) is 1.11. The lowest BCUT2D eigenvalue weighted by atomic mass is 9.95. The number of aliphatic hydroxyl groups is 1. The van der Waals surface area contributed by atoms with Gasteiger partial charge in [0.15, 0.2) is 0 Å². The Morgan fingerprint density at radius 2 is 1.33 bits per heavy atom. The Labute approximate surface area is 55.0 Å². The lowest BCUT2D eigenvalue weighted by Crippen LogP contribution is -1.85. The maximum absolute atomic E-state index is 7.57. The molecule has 2 aliphatic rings. The number of benzene rings is 1. The van der Waals surface area contributed by atoms with Crippen molar-refractivity contribution in [2.45, 2.75) is 6.92 Å². The van der Waals surface area contributed by atoms with Crippen molar-refractivity contribution in [3.8, 4) is 11.1 Å². The van der Waals surface area contributed by atoms with Crippen LogP contribution >= 0.6 is 0 Å². The Kier molecular flexibility index (Phi) is 1.85. The molecule has 0 aliphatic heterocycles. The highest BCUT2D eigenvalue weighted by Crippen LogP contribution is 2.29. The van der Waals surface area contributed by atoms with E-state index < -0.39 is 0 Å². The fourth-order valence-electron chi connectivity index (χ4n) is 0.663. The number of aliphatic hydroxyl groups excluding tert-OH is 1. The van der Waals surface area contributed by atoms with Gasteiger partial charge in [0, 0.05) is 6.61 Å². The fourth-order valence-corrected chi connectivity index (χ4v) is 0.663. The first-order valence-electron chi connectivity index (χ1n) is 3.09. The molecule has 0 amide bonds. The van der Waals surface area contributed by atoms with Crippen molar-refractivity contribution in [2.24, 2.45) is 0 Å².